The monoisotopic (exact) mass is 239 g/mol. The Hall–Kier alpha value is -0.550. The van der Waals surface area contributed by atoms with Gasteiger partial charge in [0.25, 0.3) is 0 Å². The molecule has 0 aliphatic heterocycles. The Bertz CT molecular complexity index is 400. The standard InChI is InChI=1S/C5H7NO6P2/c7-13(8,12-14(9,10)11)5-3-1-2-4-6-5/h1-4H,(H,7,8)(H2,9,10,11). The Morgan fingerprint density at radius 2 is 1.86 bits per heavy atom. The summed E-state index contributed by atoms with van der Waals surface area (Å²) in [4.78, 5) is 29.2. The summed E-state index contributed by atoms with van der Waals surface area (Å²) in [6.07, 6.45) is 1.21. The summed E-state index contributed by atoms with van der Waals surface area (Å²) in [6, 6.07) is 4.02. The van der Waals surface area contributed by atoms with Crippen LogP contribution in [0.2, 0.25) is 0 Å². The molecule has 0 bridgehead atoms. The van der Waals surface area contributed by atoms with Gasteiger partial charge in [-0.15, -0.1) is 0 Å². The SMILES string of the molecule is O=P(O)(O)OP(=O)(O)c1ccccn1. The zero-order valence-electron chi connectivity index (χ0n) is 6.72. The first-order valence-corrected chi connectivity index (χ1v) is 6.43. The van der Waals surface area contributed by atoms with Crippen LogP contribution in [0.5, 0.6) is 0 Å². The molecule has 0 spiro atoms. The molecule has 9 heteroatoms. The summed E-state index contributed by atoms with van der Waals surface area (Å²) in [6.45, 7) is 0. The Labute approximate surface area is 79.2 Å². The van der Waals surface area contributed by atoms with Crippen molar-refractivity contribution in [3.63, 3.8) is 0 Å². The number of rotatable bonds is 3. The summed E-state index contributed by atoms with van der Waals surface area (Å²) in [5.74, 6) is 0. The topological polar surface area (TPSA) is 117 Å². The molecule has 1 aromatic rings. The molecule has 1 unspecified atom stereocenters. The molecule has 14 heavy (non-hydrogen) atoms. The van der Waals surface area contributed by atoms with E-state index in [2.05, 4.69) is 9.29 Å². The van der Waals surface area contributed by atoms with Crippen molar-refractivity contribution >= 4 is 20.9 Å². The molecule has 0 aliphatic carbocycles. The Morgan fingerprint density at radius 3 is 2.29 bits per heavy atom. The van der Waals surface area contributed by atoms with Gasteiger partial charge in [0.05, 0.1) is 0 Å². The lowest BCUT2D eigenvalue weighted by molar-refractivity contribution is 0.267. The predicted molar refractivity (Wildman–Crippen MR) is 46.8 cm³/mol. The zero-order valence-corrected chi connectivity index (χ0v) is 8.51. The Morgan fingerprint density at radius 1 is 1.21 bits per heavy atom. The zero-order chi connectivity index (χ0) is 10.8. The second kappa shape index (κ2) is 3.90. The van der Waals surface area contributed by atoms with Crippen LogP contribution in [0.3, 0.4) is 0 Å². The van der Waals surface area contributed by atoms with Gasteiger partial charge < -0.3 is 14.7 Å². The van der Waals surface area contributed by atoms with Gasteiger partial charge in [-0.2, -0.15) is 0 Å². The summed E-state index contributed by atoms with van der Waals surface area (Å²) >= 11 is 0. The Kier molecular flexibility index (Phi) is 3.21. The van der Waals surface area contributed by atoms with E-state index in [1.165, 1.54) is 18.3 Å². The van der Waals surface area contributed by atoms with Gasteiger partial charge in [0, 0.05) is 6.20 Å². The van der Waals surface area contributed by atoms with Crippen LogP contribution in [-0.2, 0) is 13.4 Å². The summed E-state index contributed by atoms with van der Waals surface area (Å²) < 4.78 is 25.3. The maximum Gasteiger partial charge on any atom is 0.477 e. The maximum absolute atomic E-state index is 11.2. The van der Waals surface area contributed by atoms with Crippen molar-refractivity contribution < 1.29 is 28.1 Å². The minimum Gasteiger partial charge on any atom is -0.320 e. The van der Waals surface area contributed by atoms with Gasteiger partial charge in [-0.25, -0.2) is 13.9 Å². The van der Waals surface area contributed by atoms with E-state index in [0.29, 0.717) is 0 Å². The fourth-order valence-corrected chi connectivity index (χ4v) is 2.68. The van der Waals surface area contributed by atoms with Crippen LogP contribution in [0.4, 0.5) is 0 Å². The molecule has 0 fully saturated rings. The van der Waals surface area contributed by atoms with Gasteiger partial charge in [-0.3, -0.25) is 4.57 Å². The molecule has 1 heterocycles. The van der Waals surface area contributed by atoms with Crippen molar-refractivity contribution in [1.82, 2.24) is 4.98 Å². The predicted octanol–water partition coefficient (Wildman–Crippen LogP) is 0.00160. The molecule has 0 radical (unpaired) electrons. The third-order valence-corrected chi connectivity index (χ3v) is 3.74. The molecule has 0 saturated heterocycles. The maximum atomic E-state index is 11.2. The Balaban J connectivity index is 2.98. The van der Waals surface area contributed by atoms with E-state index in [9.17, 15) is 9.13 Å². The minimum absolute atomic E-state index is 0.414. The second-order valence-corrected chi connectivity index (χ2v) is 5.41. The average molecular weight is 239 g/mol. The molecule has 1 atom stereocenters. The fourth-order valence-electron chi connectivity index (χ4n) is 0.707. The largest absolute Gasteiger partial charge is 0.477 e. The molecule has 0 aliphatic rings. The van der Waals surface area contributed by atoms with Crippen LogP contribution >= 0.6 is 15.4 Å². The molecule has 1 rings (SSSR count). The molecular weight excluding hydrogens is 232 g/mol. The van der Waals surface area contributed by atoms with Crippen molar-refractivity contribution in [2.75, 3.05) is 0 Å². The highest BCUT2D eigenvalue weighted by Crippen LogP contribution is 2.55. The second-order valence-electron chi connectivity index (χ2n) is 2.28. The molecule has 78 valence electrons. The summed E-state index contributed by atoms with van der Waals surface area (Å²) in [7, 11) is -9.55. The lowest BCUT2D eigenvalue weighted by Gasteiger charge is -2.10. The number of pyridine rings is 1. The molecule has 0 amide bonds. The van der Waals surface area contributed by atoms with Crippen LogP contribution < -0.4 is 5.44 Å². The molecule has 7 nitrogen and oxygen atoms in total. The van der Waals surface area contributed by atoms with Gasteiger partial charge in [0.15, 0.2) is 5.44 Å². The van der Waals surface area contributed by atoms with E-state index in [1.807, 2.05) is 0 Å². The highest BCUT2D eigenvalue weighted by atomic mass is 31.3. The van der Waals surface area contributed by atoms with Crippen LogP contribution in [0.1, 0.15) is 0 Å². The van der Waals surface area contributed by atoms with E-state index in [0.717, 1.165) is 6.07 Å². The lowest BCUT2D eigenvalue weighted by atomic mass is 10.5. The van der Waals surface area contributed by atoms with Gasteiger partial charge in [0.2, 0.25) is 0 Å². The van der Waals surface area contributed by atoms with Crippen molar-refractivity contribution in [2.45, 2.75) is 0 Å². The van der Waals surface area contributed by atoms with Crippen LogP contribution in [0.25, 0.3) is 0 Å². The van der Waals surface area contributed by atoms with Crippen LogP contribution in [0, 0.1) is 0 Å². The molecule has 0 saturated carbocycles. The molecule has 0 aromatic carbocycles. The third kappa shape index (κ3) is 3.31. The first kappa shape index (κ1) is 11.5. The van der Waals surface area contributed by atoms with Gasteiger partial charge in [-0.05, 0) is 12.1 Å². The van der Waals surface area contributed by atoms with E-state index < -0.39 is 20.9 Å². The van der Waals surface area contributed by atoms with Gasteiger partial charge in [-0.1, -0.05) is 6.07 Å². The van der Waals surface area contributed by atoms with E-state index in [-0.39, 0.29) is 0 Å². The van der Waals surface area contributed by atoms with Crippen LogP contribution in [0.15, 0.2) is 24.4 Å². The molecule has 3 N–H and O–H groups in total. The van der Waals surface area contributed by atoms with Crippen LogP contribution in [-0.4, -0.2) is 19.7 Å². The number of phosphoric acid groups is 1. The summed E-state index contributed by atoms with van der Waals surface area (Å²) in [5, 5.41) is 0. The normalized spacial score (nSPS) is 16.2. The van der Waals surface area contributed by atoms with Crippen molar-refractivity contribution in [3.8, 4) is 0 Å². The first-order valence-electron chi connectivity index (χ1n) is 3.32. The average Bonchev–Trinajstić information content (AvgIpc) is 2.01. The number of aromatic nitrogens is 1. The highest BCUT2D eigenvalue weighted by molar-refractivity contribution is 7.68. The number of nitrogens with zero attached hydrogens (tertiary/aromatic N) is 1. The number of hydrogen-bond donors (Lipinski definition) is 3. The lowest BCUT2D eigenvalue weighted by Crippen LogP contribution is -2.09. The fraction of sp³-hybridized carbons (Fsp3) is 0. The van der Waals surface area contributed by atoms with E-state index in [1.54, 1.807) is 0 Å². The van der Waals surface area contributed by atoms with Crippen molar-refractivity contribution in [1.29, 1.82) is 0 Å². The quantitative estimate of drug-likeness (QED) is 0.635. The summed E-state index contributed by atoms with van der Waals surface area (Å²) in [5.41, 5.74) is -0.414. The van der Waals surface area contributed by atoms with E-state index >= 15 is 0 Å². The third-order valence-electron chi connectivity index (χ3n) is 1.16. The molecule has 1 aromatic heterocycles. The number of hydrogen-bond acceptors (Lipinski definition) is 4. The van der Waals surface area contributed by atoms with Gasteiger partial charge in [0.1, 0.15) is 0 Å². The molecular formula is C5H7NO6P2. The van der Waals surface area contributed by atoms with Crippen molar-refractivity contribution in [3.05, 3.63) is 24.4 Å². The first-order chi connectivity index (χ1) is 6.31. The van der Waals surface area contributed by atoms with E-state index in [4.69, 9.17) is 14.7 Å². The van der Waals surface area contributed by atoms with Crippen molar-refractivity contribution in [2.24, 2.45) is 0 Å². The smallest absolute Gasteiger partial charge is 0.320 e. The van der Waals surface area contributed by atoms with Gasteiger partial charge >= 0.3 is 15.4 Å². The minimum atomic E-state index is -5.01. The highest BCUT2D eigenvalue weighted by Gasteiger charge is 2.33.